The summed E-state index contributed by atoms with van der Waals surface area (Å²) in [6.45, 7) is 2.33. The van der Waals surface area contributed by atoms with E-state index < -0.39 is 0 Å². The Labute approximate surface area is 124 Å². The molecule has 0 radical (unpaired) electrons. The maximum Gasteiger partial charge on any atom is 0.123 e. The Balaban J connectivity index is 1.98. The zero-order chi connectivity index (χ0) is 15.1. The minimum Gasteiger partial charge on any atom is -0.489 e. The van der Waals surface area contributed by atoms with Crippen molar-refractivity contribution in [1.29, 1.82) is 0 Å². The molecule has 108 valence electrons. The summed E-state index contributed by atoms with van der Waals surface area (Å²) in [6, 6.07) is 12.1. The van der Waals surface area contributed by atoms with E-state index in [4.69, 9.17) is 9.84 Å². The van der Waals surface area contributed by atoms with Gasteiger partial charge in [0.1, 0.15) is 18.2 Å². The first-order chi connectivity index (χ1) is 10.2. The maximum absolute atomic E-state index is 13.2. The van der Waals surface area contributed by atoms with Crippen molar-refractivity contribution >= 4 is 0 Å². The number of ether oxygens (including phenoxy) is 1. The third kappa shape index (κ3) is 4.62. The van der Waals surface area contributed by atoms with Gasteiger partial charge in [-0.1, -0.05) is 17.9 Å². The topological polar surface area (TPSA) is 29.5 Å². The standard InChI is InChI=1S/C18H17FO2/c1-14-5-8-17(19)12-16(14)13-21-18-9-6-15(7-10-18)4-2-3-11-20/h5-10,12,20H,3,11,13H2,1H3. The van der Waals surface area contributed by atoms with E-state index in [9.17, 15) is 4.39 Å². The van der Waals surface area contributed by atoms with Gasteiger partial charge in [-0.15, -0.1) is 0 Å². The van der Waals surface area contributed by atoms with Gasteiger partial charge in [-0.25, -0.2) is 4.39 Å². The van der Waals surface area contributed by atoms with Crippen LogP contribution in [0.2, 0.25) is 0 Å². The second kappa shape index (κ2) is 7.47. The molecule has 21 heavy (non-hydrogen) atoms. The molecule has 0 aromatic heterocycles. The predicted molar refractivity (Wildman–Crippen MR) is 80.5 cm³/mol. The van der Waals surface area contributed by atoms with Crippen LogP contribution in [0.25, 0.3) is 0 Å². The fraction of sp³-hybridized carbons (Fsp3) is 0.222. The van der Waals surface area contributed by atoms with Crippen molar-refractivity contribution in [1.82, 2.24) is 0 Å². The van der Waals surface area contributed by atoms with E-state index in [-0.39, 0.29) is 12.4 Å². The maximum atomic E-state index is 13.2. The SMILES string of the molecule is Cc1ccc(F)cc1COc1ccc(C#CCCO)cc1. The lowest BCUT2D eigenvalue weighted by atomic mass is 10.1. The van der Waals surface area contributed by atoms with Crippen LogP contribution in [0.15, 0.2) is 42.5 Å². The van der Waals surface area contributed by atoms with Crippen LogP contribution in [0.5, 0.6) is 5.75 Å². The number of hydrogen-bond donors (Lipinski definition) is 1. The van der Waals surface area contributed by atoms with Crippen LogP contribution in [0.1, 0.15) is 23.1 Å². The number of aliphatic hydroxyl groups is 1. The Morgan fingerprint density at radius 1 is 1.14 bits per heavy atom. The van der Waals surface area contributed by atoms with Gasteiger partial charge in [-0.3, -0.25) is 0 Å². The summed E-state index contributed by atoms with van der Waals surface area (Å²) in [4.78, 5) is 0. The highest BCUT2D eigenvalue weighted by molar-refractivity contribution is 5.38. The largest absolute Gasteiger partial charge is 0.489 e. The summed E-state index contributed by atoms with van der Waals surface area (Å²) in [7, 11) is 0. The lowest BCUT2D eigenvalue weighted by molar-refractivity contribution is 0.304. The zero-order valence-electron chi connectivity index (χ0n) is 11.9. The van der Waals surface area contributed by atoms with E-state index in [0.29, 0.717) is 18.8 Å². The number of benzene rings is 2. The number of hydrogen-bond acceptors (Lipinski definition) is 2. The van der Waals surface area contributed by atoms with Gasteiger partial charge in [0, 0.05) is 12.0 Å². The number of rotatable bonds is 4. The molecule has 0 spiro atoms. The predicted octanol–water partition coefficient (Wildman–Crippen LogP) is 3.45. The molecule has 0 saturated heterocycles. The highest BCUT2D eigenvalue weighted by atomic mass is 19.1. The number of aliphatic hydroxyl groups excluding tert-OH is 1. The van der Waals surface area contributed by atoms with Crippen LogP contribution in [0, 0.1) is 24.6 Å². The van der Waals surface area contributed by atoms with Crippen LogP contribution >= 0.6 is 0 Å². The summed E-state index contributed by atoms with van der Waals surface area (Å²) in [5.74, 6) is 6.27. The molecule has 0 atom stereocenters. The van der Waals surface area contributed by atoms with Crippen LogP contribution < -0.4 is 4.74 Å². The molecule has 0 aliphatic carbocycles. The van der Waals surface area contributed by atoms with Crippen LogP contribution in [0.4, 0.5) is 4.39 Å². The Morgan fingerprint density at radius 2 is 1.90 bits per heavy atom. The Kier molecular flexibility index (Phi) is 5.36. The van der Waals surface area contributed by atoms with E-state index in [1.54, 1.807) is 6.07 Å². The number of halogens is 1. The van der Waals surface area contributed by atoms with Crippen molar-refractivity contribution in [3.8, 4) is 17.6 Å². The van der Waals surface area contributed by atoms with Crippen molar-refractivity contribution in [2.24, 2.45) is 0 Å². The molecule has 2 rings (SSSR count). The first-order valence-electron chi connectivity index (χ1n) is 6.76. The van der Waals surface area contributed by atoms with E-state index in [0.717, 1.165) is 16.7 Å². The monoisotopic (exact) mass is 284 g/mol. The van der Waals surface area contributed by atoms with Crippen LogP contribution in [-0.2, 0) is 6.61 Å². The molecule has 0 aliphatic rings. The zero-order valence-corrected chi connectivity index (χ0v) is 11.9. The molecule has 0 fully saturated rings. The molecular formula is C18H17FO2. The quantitative estimate of drug-likeness (QED) is 0.871. The molecule has 0 aliphatic heterocycles. The number of aryl methyl sites for hydroxylation is 1. The minimum absolute atomic E-state index is 0.0706. The average Bonchev–Trinajstić information content (AvgIpc) is 2.50. The summed E-state index contributed by atoms with van der Waals surface area (Å²) >= 11 is 0. The van der Waals surface area contributed by atoms with Gasteiger partial charge in [0.25, 0.3) is 0 Å². The highest BCUT2D eigenvalue weighted by Crippen LogP contribution is 2.16. The van der Waals surface area contributed by atoms with Crippen molar-refractivity contribution in [3.05, 3.63) is 65.0 Å². The van der Waals surface area contributed by atoms with Gasteiger partial charge < -0.3 is 9.84 Å². The van der Waals surface area contributed by atoms with Crippen molar-refractivity contribution in [3.63, 3.8) is 0 Å². The molecule has 3 heteroatoms. The lowest BCUT2D eigenvalue weighted by Crippen LogP contribution is -1.98. The minimum atomic E-state index is -0.256. The Hall–Kier alpha value is -2.31. The molecular weight excluding hydrogens is 267 g/mol. The second-order valence-corrected chi connectivity index (χ2v) is 4.66. The first kappa shape index (κ1) is 15.1. The fourth-order valence-electron chi connectivity index (χ4n) is 1.81. The Morgan fingerprint density at radius 3 is 2.62 bits per heavy atom. The molecule has 0 unspecified atom stereocenters. The van der Waals surface area contributed by atoms with Gasteiger partial charge in [-0.05, 0) is 54.4 Å². The molecule has 2 nitrogen and oxygen atoms in total. The van der Waals surface area contributed by atoms with Crippen molar-refractivity contribution in [2.45, 2.75) is 20.0 Å². The second-order valence-electron chi connectivity index (χ2n) is 4.66. The van der Waals surface area contributed by atoms with Crippen molar-refractivity contribution < 1.29 is 14.2 Å². The Bertz CT molecular complexity index is 651. The van der Waals surface area contributed by atoms with E-state index in [2.05, 4.69) is 11.8 Å². The lowest BCUT2D eigenvalue weighted by Gasteiger charge is -2.09. The molecule has 2 aromatic rings. The van der Waals surface area contributed by atoms with Crippen LogP contribution in [0.3, 0.4) is 0 Å². The summed E-state index contributed by atoms with van der Waals surface area (Å²) in [5, 5.41) is 8.66. The normalized spacial score (nSPS) is 9.86. The van der Waals surface area contributed by atoms with Gasteiger partial charge in [-0.2, -0.15) is 0 Å². The van der Waals surface area contributed by atoms with Gasteiger partial charge in [0.2, 0.25) is 0 Å². The smallest absolute Gasteiger partial charge is 0.123 e. The van der Waals surface area contributed by atoms with E-state index >= 15 is 0 Å². The van der Waals surface area contributed by atoms with Gasteiger partial charge in [0.05, 0.1) is 6.61 Å². The van der Waals surface area contributed by atoms with E-state index in [1.807, 2.05) is 31.2 Å². The molecule has 0 saturated carbocycles. The van der Waals surface area contributed by atoms with E-state index in [1.165, 1.54) is 12.1 Å². The highest BCUT2D eigenvalue weighted by Gasteiger charge is 2.02. The molecule has 1 N–H and O–H groups in total. The summed E-state index contributed by atoms with van der Waals surface area (Å²) in [6.07, 6.45) is 0.469. The molecule has 0 bridgehead atoms. The third-order valence-corrected chi connectivity index (χ3v) is 3.03. The first-order valence-corrected chi connectivity index (χ1v) is 6.76. The fourth-order valence-corrected chi connectivity index (χ4v) is 1.81. The third-order valence-electron chi connectivity index (χ3n) is 3.03. The van der Waals surface area contributed by atoms with Gasteiger partial charge in [0.15, 0.2) is 0 Å². The molecule has 2 aromatic carbocycles. The molecule has 0 heterocycles. The average molecular weight is 284 g/mol. The van der Waals surface area contributed by atoms with Gasteiger partial charge >= 0.3 is 0 Å². The van der Waals surface area contributed by atoms with Crippen LogP contribution in [-0.4, -0.2) is 11.7 Å². The summed E-state index contributed by atoms with van der Waals surface area (Å²) < 4.78 is 18.8. The molecule has 0 amide bonds. The summed E-state index contributed by atoms with van der Waals surface area (Å²) in [5.41, 5.74) is 2.71. The van der Waals surface area contributed by atoms with Crippen molar-refractivity contribution in [2.75, 3.05) is 6.61 Å².